The highest BCUT2D eigenvalue weighted by Crippen LogP contribution is 2.40. The molecule has 0 saturated carbocycles. The Morgan fingerprint density at radius 2 is 1.37 bits per heavy atom. The van der Waals surface area contributed by atoms with Crippen molar-refractivity contribution in [3.63, 3.8) is 0 Å². The molecule has 0 bridgehead atoms. The van der Waals surface area contributed by atoms with Crippen molar-refractivity contribution >= 4 is 76.6 Å². The molecule has 1 aliphatic rings. The Morgan fingerprint density at radius 3 is 1.95 bits per heavy atom. The summed E-state index contributed by atoms with van der Waals surface area (Å²) in [5.41, 5.74) is 0.838. The molecule has 76 heavy (non-hydrogen) atoms. The summed E-state index contributed by atoms with van der Waals surface area (Å²) in [5.74, 6) is -0.358. The predicted molar refractivity (Wildman–Crippen MR) is 290 cm³/mol. The number of aromatic nitrogens is 2. The van der Waals surface area contributed by atoms with Gasteiger partial charge in [0.25, 0.3) is 0 Å². The molecule has 0 unspecified atom stereocenters. The number of ether oxygens (including phenoxy) is 5. The van der Waals surface area contributed by atoms with Crippen LogP contribution < -0.4 is 30.9 Å². The number of carbonyl (C=O) groups excluding carboxylic acids is 5. The van der Waals surface area contributed by atoms with E-state index in [4.69, 9.17) is 45.3 Å². The van der Waals surface area contributed by atoms with Crippen LogP contribution in [0.3, 0.4) is 0 Å². The molecule has 2 aromatic carbocycles. The summed E-state index contributed by atoms with van der Waals surface area (Å²) in [7, 11) is 0. The Kier molecular flexibility index (Phi) is 21.3. The van der Waals surface area contributed by atoms with Gasteiger partial charge in [-0.15, -0.1) is 11.3 Å². The van der Waals surface area contributed by atoms with E-state index in [1.807, 2.05) is 29.6 Å². The molecule has 2 aromatic heterocycles. The highest BCUT2D eigenvalue weighted by molar-refractivity contribution is 7.98. The number of amides is 4. The van der Waals surface area contributed by atoms with Crippen LogP contribution in [0.25, 0.3) is 21.7 Å². The fraction of sp³-hybridized carbons (Fsp3) is 0.472. The number of thioether (sulfide) groups is 1. The summed E-state index contributed by atoms with van der Waals surface area (Å²) in [6.45, 7) is 17.6. The van der Waals surface area contributed by atoms with Crippen LogP contribution >= 0.6 is 34.7 Å². The van der Waals surface area contributed by atoms with E-state index in [1.54, 1.807) is 86.6 Å². The molecule has 2 atom stereocenters. The number of pyridine rings is 1. The standard InChI is InChI=1S/C53H65ClN10O10S2/c1-32(58-43(65)40(60-48(67)72-51(2,3)4)14-13-23-57-47(62-49(68)73-52(5,6)7)63-50(69)74-53(8,9)10)46(66)71-27-26-70-37-21-17-33(18-22-37)41-38(28-55)42(64-24-11-12-25-64)61-45(39(41)29-56)76-31-36-30-75-44(59-36)34-15-19-35(54)20-16-34/h15-22,30,32,40H,11-14,23-27,31H2,1-10H3,(H,58,65)(H,60,67)(H2,57,62,63,68,69)/t32-,40-/m0/s1. The lowest BCUT2D eigenvalue weighted by atomic mass is 9.96. The Morgan fingerprint density at radius 1 is 0.789 bits per heavy atom. The first kappa shape index (κ1) is 59.7. The highest BCUT2D eigenvalue weighted by atomic mass is 35.5. The van der Waals surface area contributed by atoms with E-state index in [0.717, 1.165) is 42.2 Å². The van der Waals surface area contributed by atoms with Gasteiger partial charge >= 0.3 is 24.2 Å². The third-order valence-electron chi connectivity index (χ3n) is 10.4. The van der Waals surface area contributed by atoms with Gasteiger partial charge < -0.3 is 39.2 Å². The van der Waals surface area contributed by atoms with Crippen molar-refractivity contribution in [1.29, 1.82) is 10.5 Å². The quantitative estimate of drug-likeness (QED) is 0.0180. The van der Waals surface area contributed by atoms with Gasteiger partial charge in [0.05, 0.1) is 11.3 Å². The molecule has 406 valence electrons. The number of halogens is 1. The number of guanidine groups is 1. The van der Waals surface area contributed by atoms with Crippen molar-refractivity contribution in [3.8, 4) is 39.6 Å². The summed E-state index contributed by atoms with van der Waals surface area (Å²) in [5, 5.41) is 35.0. The number of benzene rings is 2. The molecule has 1 aliphatic heterocycles. The molecule has 4 amide bonds. The second-order valence-corrected chi connectivity index (χ2v) is 22.6. The topological polar surface area (TPSA) is 269 Å². The number of anilines is 1. The zero-order chi connectivity index (χ0) is 55.8. The molecule has 4 N–H and O–H groups in total. The van der Waals surface area contributed by atoms with Crippen molar-refractivity contribution in [2.24, 2.45) is 4.99 Å². The van der Waals surface area contributed by atoms with Crippen LogP contribution in [0.15, 0.2) is 63.9 Å². The van der Waals surface area contributed by atoms with E-state index in [0.29, 0.717) is 44.1 Å². The zero-order valence-electron chi connectivity index (χ0n) is 44.4. The van der Waals surface area contributed by atoms with Crippen molar-refractivity contribution < 1.29 is 47.7 Å². The summed E-state index contributed by atoms with van der Waals surface area (Å²) in [6.07, 6.45) is -0.601. The zero-order valence-corrected chi connectivity index (χ0v) is 46.8. The number of alkyl carbamates (subject to hydrolysis) is 3. The smallest absolute Gasteiger partial charge is 0.414 e. The number of esters is 1. The molecule has 5 rings (SSSR count). The first-order valence-electron chi connectivity index (χ1n) is 24.5. The fourth-order valence-electron chi connectivity index (χ4n) is 7.19. The normalized spacial score (nSPS) is 13.2. The number of aliphatic imine (C=N–C) groups is 1. The van der Waals surface area contributed by atoms with Gasteiger partial charge in [-0.25, -0.2) is 29.1 Å². The van der Waals surface area contributed by atoms with E-state index in [2.05, 4.69) is 43.3 Å². The number of rotatable bonds is 18. The van der Waals surface area contributed by atoms with E-state index in [-0.39, 0.29) is 44.1 Å². The van der Waals surface area contributed by atoms with Crippen LogP contribution in [0.5, 0.6) is 5.75 Å². The Labute approximate surface area is 456 Å². The van der Waals surface area contributed by atoms with Crippen molar-refractivity contribution in [2.75, 3.05) is 37.7 Å². The SMILES string of the molecule is C[C@H](NC(=O)[C@H](CCCN=C(NC(=O)OC(C)(C)C)NC(=O)OC(C)(C)C)NC(=O)OC(C)(C)C)C(=O)OCCOc1ccc(-c2c(C#N)c(SCc3csc(-c4ccc(Cl)cc4)n3)nc(N3CCCC3)c2C#N)cc1. The van der Waals surface area contributed by atoms with Gasteiger partial charge in [-0.1, -0.05) is 47.6 Å². The monoisotopic (exact) mass is 1100 g/mol. The molecule has 3 heterocycles. The molecule has 1 saturated heterocycles. The van der Waals surface area contributed by atoms with Gasteiger partial charge in [-0.3, -0.25) is 20.4 Å². The molecule has 0 aliphatic carbocycles. The minimum absolute atomic E-state index is 0.00784. The Balaban J connectivity index is 1.20. The lowest BCUT2D eigenvalue weighted by Crippen LogP contribution is -2.52. The maximum Gasteiger partial charge on any atom is 0.414 e. The molecule has 20 nitrogen and oxygen atoms in total. The Bertz CT molecular complexity index is 2770. The first-order valence-corrected chi connectivity index (χ1v) is 26.8. The van der Waals surface area contributed by atoms with Crippen LogP contribution in [-0.2, 0) is 34.3 Å². The number of hydrogen-bond acceptors (Lipinski definition) is 18. The maximum absolute atomic E-state index is 13.6. The van der Waals surface area contributed by atoms with E-state index in [9.17, 15) is 34.5 Å². The van der Waals surface area contributed by atoms with Gasteiger partial charge in [0, 0.05) is 46.9 Å². The number of nitriles is 2. The first-order chi connectivity index (χ1) is 35.8. The molecule has 23 heteroatoms. The van der Waals surface area contributed by atoms with Gasteiger partial charge in [-0.2, -0.15) is 10.5 Å². The molecular weight excluding hydrogens is 1040 g/mol. The van der Waals surface area contributed by atoms with Crippen LogP contribution in [-0.4, -0.2) is 108 Å². The minimum Gasteiger partial charge on any atom is -0.490 e. The number of nitrogens with zero attached hydrogens (tertiary/aromatic N) is 6. The third kappa shape index (κ3) is 19.2. The summed E-state index contributed by atoms with van der Waals surface area (Å²) < 4.78 is 27.3. The Hall–Kier alpha value is -7.14. The third-order valence-corrected chi connectivity index (χ3v) is 12.6. The summed E-state index contributed by atoms with van der Waals surface area (Å²) in [6, 6.07) is 16.7. The highest BCUT2D eigenvalue weighted by Gasteiger charge is 2.29. The van der Waals surface area contributed by atoms with Gasteiger partial charge in [-0.05, 0) is 125 Å². The van der Waals surface area contributed by atoms with Crippen molar-refractivity contribution in [1.82, 2.24) is 31.2 Å². The average Bonchev–Trinajstić information content (AvgIpc) is 4.05. The lowest BCUT2D eigenvalue weighted by molar-refractivity contribution is -0.148. The van der Waals surface area contributed by atoms with Gasteiger partial charge in [0.2, 0.25) is 11.9 Å². The van der Waals surface area contributed by atoms with Crippen LogP contribution in [0, 0.1) is 22.7 Å². The molecular formula is C53H65ClN10O10S2. The molecule has 4 aromatic rings. The number of hydrogen-bond donors (Lipinski definition) is 4. The van der Waals surface area contributed by atoms with E-state index < -0.39 is 59.0 Å². The lowest BCUT2D eigenvalue weighted by Gasteiger charge is -2.24. The average molecular weight is 1100 g/mol. The maximum atomic E-state index is 13.6. The van der Waals surface area contributed by atoms with E-state index in [1.165, 1.54) is 30.0 Å². The largest absolute Gasteiger partial charge is 0.490 e. The predicted octanol–water partition coefficient (Wildman–Crippen LogP) is 9.67. The van der Waals surface area contributed by atoms with Crippen LogP contribution in [0.1, 0.15) is 112 Å². The van der Waals surface area contributed by atoms with Gasteiger partial charge in [0.15, 0.2) is 0 Å². The van der Waals surface area contributed by atoms with Crippen LogP contribution in [0.2, 0.25) is 5.02 Å². The summed E-state index contributed by atoms with van der Waals surface area (Å²) in [4.78, 5) is 80.7. The van der Waals surface area contributed by atoms with Crippen molar-refractivity contribution in [3.05, 3.63) is 75.8 Å². The number of nitrogens with one attached hydrogen (secondary N) is 4. The van der Waals surface area contributed by atoms with E-state index >= 15 is 0 Å². The fourth-order valence-corrected chi connectivity index (χ4v) is 9.12. The number of thiazole rings is 1. The molecule has 0 spiro atoms. The van der Waals surface area contributed by atoms with Crippen LogP contribution in [0.4, 0.5) is 20.2 Å². The molecule has 1 fully saturated rings. The van der Waals surface area contributed by atoms with Crippen molar-refractivity contribution in [2.45, 2.75) is 135 Å². The minimum atomic E-state index is -1.20. The number of carbonyl (C=O) groups is 5. The second kappa shape index (κ2) is 27.1. The van der Waals surface area contributed by atoms with Gasteiger partial charge in [0.1, 0.15) is 81.4 Å². The molecule has 0 radical (unpaired) electrons. The second-order valence-electron chi connectivity index (χ2n) is 20.3. The summed E-state index contributed by atoms with van der Waals surface area (Å²) >= 11 is 8.99.